The number of carbonyl (C=O) groups is 1. The summed E-state index contributed by atoms with van der Waals surface area (Å²) in [5, 5.41) is 0. The Bertz CT molecular complexity index is 355. The number of nitrogens with zero attached hydrogens (tertiary/aromatic N) is 1. The highest BCUT2D eigenvalue weighted by Gasteiger charge is 2.20. The Hall–Kier alpha value is -1.72. The van der Waals surface area contributed by atoms with Crippen molar-refractivity contribution in [1.29, 1.82) is 0 Å². The molecule has 6 heteroatoms. The number of nitrogen functional groups attached to an aromatic ring is 1. The third kappa shape index (κ3) is 1.56. The summed E-state index contributed by atoms with van der Waals surface area (Å²) < 4.78 is 29.9. The number of aromatic nitrogens is 1. The van der Waals surface area contributed by atoms with Gasteiger partial charge in [-0.3, -0.25) is 0 Å². The van der Waals surface area contributed by atoms with Crippen molar-refractivity contribution in [1.82, 2.24) is 4.98 Å². The Morgan fingerprint density at radius 3 is 2.77 bits per heavy atom. The normalized spacial score (nSPS) is 9.77. The molecule has 2 N–H and O–H groups in total. The van der Waals surface area contributed by atoms with Gasteiger partial charge in [-0.15, -0.1) is 0 Å². The molecule has 1 heterocycles. The number of methoxy groups -OCH3 is 1. The van der Waals surface area contributed by atoms with Crippen LogP contribution in [0.25, 0.3) is 0 Å². The maximum absolute atomic E-state index is 13.0. The van der Waals surface area contributed by atoms with E-state index in [0.717, 1.165) is 7.11 Å². The van der Waals surface area contributed by atoms with E-state index in [1.807, 2.05) is 0 Å². The van der Waals surface area contributed by atoms with Crippen LogP contribution in [0.15, 0.2) is 6.20 Å². The summed E-state index contributed by atoms with van der Waals surface area (Å²) in [7, 11) is 1.01. The number of pyridine rings is 1. The number of ether oxygens (including phenoxy) is 1. The molecule has 0 atom stereocenters. The molecule has 0 bridgehead atoms. The zero-order chi connectivity index (χ0) is 10.0. The fourth-order valence-electron chi connectivity index (χ4n) is 0.770. The number of nitrogens with two attached hydrogens (primary N) is 1. The van der Waals surface area contributed by atoms with Gasteiger partial charge in [0.15, 0.2) is 17.5 Å². The first kappa shape index (κ1) is 9.37. The van der Waals surface area contributed by atoms with Crippen LogP contribution in [0.5, 0.6) is 0 Å². The first-order chi connectivity index (χ1) is 6.07. The maximum Gasteiger partial charge on any atom is 0.344 e. The fourth-order valence-corrected chi connectivity index (χ4v) is 0.770. The molecule has 1 aromatic heterocycles. The maximum atomic E-state index is 13.0. The molecule has 70 valence electrons. The predicted molar refractivity (Wildman–Crippen MR) is 39.9 cm³/mol. The lowest BCUT2D eigenvalue weighted by molar-refractivity contribution is 0.0589. The molecule has 0 aromatic carbocycles. The van der Waals surface area contributed by atoms with Gasteiger partial charge in [-0.05, 0) is 0 Å². The van der Waals surface area contributed by atoms with E-state index in [4.69, 9.17) is 5.73 Å². The molecule has 0 aliphatic carbocycles. The summed E-state index contributed by atoms with van der Waals surface area (Å²) in [5.41, 5.74) is 4.20. The lowest BCUT2D eigenvalue weighted by atomic mass is 10.2. The third-order valence-corrected chi connectivity index (χ3v) is 1.39. The largest absolute Gasteiger partial charge is 0.465 e. The number of carbonyl (C=O) groups excluding carboxylic acids is 1. The summed E-state index contributed by atoms with van der Waals surface area (Å²) in [4.78, 5) is 14.0. The summed E-state index contributed by atoms with van der Waals surface area (Å²) in [6, 6.07) is 0. The highest BCUT2D eigenvalue weighted by molar-refractivity contribution is 5.90. The zero-order valence-corrected chi connectivity index (χ0v) is 6.67. The molecule has 0 saturated heterocycles. The molecule has 0 unspecified atom stereocenters. The highest BCUT2D eigenvalue weighted by Crippen LogP contribution is 2.16. The minimum absolute atomic E-state index is 0.540. The van der Waals surface area contributed by atoms with E-state index >= 15 is 0 Å². The molecule has 0 amide bonds. The van der Waals surface area contributed by atoms with Gasteiger partial charge in [0.25, 0.3) is 0 Å². The topological polar surface area (TPSA) is 65.2 Å². The average molecular weight is 188 g/mol. The van der Waals surface area contributed by atoms with Crippen LogP contribution in [-0.4, -0.2) is 18.1 Å². The molecule has 0 radical (unpaired) electrons. The monoisotopic (exact) mass is 188 g/mol. The molecule has 0 aliphatic heterocycles. The SMILES string of the molecule is COC(=O)c1c(F)cnc(N)c1F. The van der Waals surface area contributed by atoms with E-state index in [2.05, 4.69) is 9.72 Å². The summed E-state index contributed by atoms with van der Waals surface area (Å²) in [6.45, 7) is 0. The number of halogens is 2. The second-order valence-corrected chi connectivity index (χ2v) is 2.17. The van der Waals surface area contributed by atoms with E-state index in [9.17, 15) is 13.6 Å². The molecule has 0 aliphatic rings. The van der Waals surface area contributed by atoms with Crippen LogP contribution in [0.3, 0.4) is 0 Å². The molecule has 0 saturated carbocycles. The second kappa shape index (κ2) is 3.34. The Labute approximate surface area is 72.3 Å². The molecule has 0 spiro atoms. The summed E-state index contributed by atoms with van der Waals surface area (Å²) >= 11 is 0. The van der Waals surface area contributed by atoms with E-state index < -0.39 is 29.0 Å². The first-order valence-electron chi connectivity index (χ1n) is 3.25. The number of hydrogen-bond donors (Lipinski definition) is 1. The average Bonchev–Trinajstić information content (AvgIpc) is 2.12. The molecule has 0 fully saturated rings. The van der Waals surface area contributed by atoms with E-state index in [-0.39, 0.29) is 0 Å². The van der Waals surface area contributed by atoms with Crippen molar-refractivity contribution in [3.05, 3.63) is 23.4 Å². The van der Waals surface area contributed by atoms with Crippen molar-refractivity contribution in [2.24, 2.45) is 0 Å². The van der Waals surface area contributed by atoms with Gasteiger partial charge in [0.2, 0.25) is 0 Å². The minimum Gasteiger partial charge on any atom is -0.465 e. The van der Waals surface area contributed by atoms with Crippen LogP contribution in [-0.2, 0) is 4.74 Å². The van der Waals surface area contributed by atoms with Gasteiger partial charge >= 0.3 is 5.97 Å². The molecule has 1 rings (SSSR count). The van der Waals surface area contributed by atoms with Crippen molar-refractivity contribution >= 4 is 11.8 Å². The quantitative estimate of drug-likeness (QED) is 0.659. The molecule has 13 heavy (non-hydrogen) atoms. The van der Waals surface area contributed by atoms with Crippen molar-refractivity contribution in [2.45, 2.75) is 0 Å². The van der Waals surface area contributed by atoms with Gasteiger partial charge in [-0.1, -0.05) is 0 Å². The summed E-state index contributed by atoms with van der Waals surface area (Å²) in [5.74, 6) is -3.96. The van der Waals surface area contributed by atoms with Gasteiger partial charge < -0.3 is 10.5 Å². The standard InChI is InChI=1S/C7H6F2N2O2/c1-13-7(12)4-3(8)2-11-6(10)5(4)9/h2H,1H3,(H2,10,11). The van der Waals surface area contributed by atoms with Crippen LogP contribution >= 0.6 is 0 Å². The fraction of sp³-hybridized carbons (Fsp3) is 0.143. The van der Waals surface area contributed by atoms with Crippen LogP contribution in [0.1, 0.15) is 10.4 Å². The molecular formula is C7H6F2N2O2. The van der Waals surface area contributed by atoms with Gasteiger partial charge in [-0.2, -0.15) is 0 Å². The predicted octanol–water partition coefficient (Wildman–Crippen LogP) is 0.729. The summed E-state index contributed by atoms with van der Waals surface area (Å²) in [6.07, 6.45) is 0.657. The number of hydrogen-bond acceptors (Lipinski definition) is 4. The molecular weight excluding hydrogens is 182 g/mol. The van der Waals surface area contributed by atoms with Crippen LogP contribution < -0.4 is 5.73 Å². The Morgan fingerprint density at radius 2 is 2.23 bits per heavy atom. The first-order valence-corrected chi connectivity index (χ1v) is 3.25. The lowest BCUT2D eigenvalue weighted by Crippen LogP contribution is -2.11. The Kier molecular flexibility index (Phi) is 2.41. The van der Waals surface area contributed by atoms with Crippen molar-refractivity contribution < 1.29 is 18.3 Å². The molecule has 4 nitrogen and oxygen atoms in total. The minimum atomic E-state index is -1.20. The van der Waals surface area contributed by atoms with Gasteiger partial charge in [0.1, 0.15) is 5.56 Å². The van der Waals surface area contributed by atoms with Gasteiger partial charge in [0, 0.05) is 0 Å². The van der Waals surface area contributed by atoms with Crippen LogP contribution in [0.4, 0.5) is 14.6 Å². The zero-order valence-electron chi connectivity index (χ0n) is 6.67. The lowest BCUT2D eigenvalue weighted by Gasteiger charge is -2.03. The van der Waals surface area contributed by atoms with E-state index in [0.29, 0.717) is 6.20 Å². The van der Waals surface area contributed by atoms with Gasteiger partial charge in [-0.25, -0.2) is 18.6 Å². The van der Waals surface area contributed by atoms with Crippen LogP contribution in [0, 0.1) is 11.6 Å². The number of esters is 1. The number of rotatable bonds is 1. The van der Waals surface area contributed by atoms with Crippen molar-refractivity contribution in [2.75, 3.05) is 12.8 Å². The van der Waals surface area contributed by atoms with Crippen molar-refractivity contribution in [3.63, 3.8) is 0 Å². The highest BCUT2D eigenvalue weighted by atomic mass is 19.1. The van der Waals surface area contributed by atoms with E-state index in [1.54, 1.807) is 0 Å². The number of anilines is 1. The van der Waals surface area contributed by atoms with Crippen molar-refractivity contribution in [3.8, 4) is 0 Å². The van der Waals surface area contributed by atoms with Gasteiger partial charge in [0.05, 0.1) is 13.3 Å². The smallest absolute Gasteiger partial charge is 0.344 e. The van der Waals surface area contributed by atoms with Crippen LogP contribution in [0.2, 0.25) is 0 Å². The second-order valence-electron chi connectivity index (χ2n) is 2.17. The Morgan fingerprint density at radius 1 is 1.62 bits per heavy atom. The van der Waals surface area contributed by atoms with E-state index in [1.165, 1.54) is 0 Å². The molecule has 1 aromatic rings. The third-order valence-electron chi connectivity index (χ3n) is 1.39. The Balaban J connectivity index is 3.33.